The number of aliphatic carboxylic acids is 1. The van der Waals surface area contributed by atoms with Crippen molar-refractivity contribution < 1.29 is 23.1 Å². The van der Waals surface area contributed by atoms with E-state index in [0.29, 0.717) is 31.6 Å². The number of sulfonamides is 1. The van der Waals surface area contributed by atoms with Gasteiger partial charge in [0.25, 0.3) is 0 Å². The Balaban J connectivity index is 1.32. The number of hydrogen-bond donors (Lipinski definition) is 3. The van der Waals surface area contributed by atoms with Crippen molar-refractivity contribution in [3.05, 3.63) is 24.3 Å². The molecule has 0 aliphatic heterocycles. The molecule has 2 unspecified atom stereocenters. The summed E-state index contributed by atoms with van der Waals surface area (Å²) in [6.07, 6.45) is 4.70. The van der Waals surface area contributed by atoms with Crippen LogP contribution in [-0.2, 0) is 19.6 Å². The van der Waals surface area contributed by atoms with Crippen LogP contribution in [-0.4, -0.2) is 44.8 Å². The Morgan fingerprint density at radius 1 is 1.07 bits per heavy atom. The Hall–Kier alpha value is -1.87. The summed E-state index contributed by atoms with van der Waals surface area (Å²) < 4.78 is 28.2. The molecule has 2 radical (unpaired) electrons. The molecule has 0 aromatic heterocycles. The van der Waals surface area contributed by atoms with Crippen molar-refractivity contribution >= 4 is 35.2 Å². The van der Waals surface area contributed by atoms with Crippen molar-refractivity contribution in [3.8, 4) is 0 Å². The quantitative estimate of drug-likeness (QED) is 0.577. The third-order valence-corrected chi connectivity index (χ3v) is 9.36. The zero-order valence-corrected chi connectivity index (χ0v) is 17.5. The summed E-state index contributed by atoms with van der Waals surface area (Å²) >= 11 is 0. The molecule has 0 heterocycles. The molecular formula is C21H25BN2O5S. The fourth-order valence-electron chi connectivity index (χ4n) is 6.35. The average molecular weight is 428 g/mol. The lowest BCUT2D eigenvalue weighted by atomic mass is 9.48. The predicted molar refractivity (Wildman–Crippen MR) is 110 cm³/mol. The molecule has 5 saturated carbocycles. The Labute approximate surface area is 177 Å². The van der Waals surface area contributed by atoms with Crippen molar-refractivity contribution in [2.45, 2.75) is 61.4 Å². The van der Waals surface area contributed by atoms with E-state index >= 15 is 0 Å². The van der Waals surface area contributed by atoms with Gasteiger partial charge in [-0.1, -0.05) is 23.7 Å². The summed E-state index contributed by atoms with van der Waals surface area (Å²) in [6, 6.07) is 6.11. The summed E-state index contributed by atoms with van der Waals surface area (Å²) in [6.45, 7) is 0. The smallest absolute Gasteiger partial charge is 0.309 e. The molecule has 1 aromatic carbocycles. The molecule has 7 nitrogen and oxygen atoms in total. The molecule has 158 valence electrons. The molecule has 5 fully saturated rings. The number of carbonyl (C=O) groups excluding carboxylic acids is 1. The number of carbonyl (C=O) groups is 2. The van der Waals surface area contributed by atoms with Crippen LogP contribution in [0.1, 0.15) is 44.9 Å². The lowest BCUT2D eigenvalue weighted by Gasteiger charge is -2.58. The largest absolute Gasteiger partial charge is 0.481 e. The van der Waals surface area contributed by atoms with Gasteiger partial charge in [-0.15, -0.1) is 0 Å². The SMILES string of the molecule is [B]c1ccccc1S(=O)(=O)NC1(C(=O)NC2C3CC4CC2CC(C(=O)O)(C4)C3)CC1. The molecular weight excluding hydrogens is 403 g/mol. The van der Waals surface area contributed by atoms with Crippen molar-refractivity contribution in [1.82, 2.24) is 10.0 Å². The monoisotopic (exact) mass is 428 g/mol. The Bertz CT molecular complexity index is 1010. The number of benzene rings is 1. The van der Waals surface area contributed by atoms with Crippen LogP contribution in [0.5, 0.6) is 0 Å². The van der Waals surface area contributed by atoms with E-state index in [4.69, 9.17) is 7.85 Å². The first kappa shape index (κ1) is 20.1. The van der Waals surface area contributed by atoms with Crippen LogP contribution in [0.3, 0.4) is 0 Å². The van der Waals surface area contributed by atoms with Gasteiger partial charge in [-0.05, 0) is 68.8 Å². The maximum Gasteiger partial charge on any atom is 0.309 e. The van der Waals surface area contributed by atoms with Crippen LogP contribution in [0, 0.1) is 23.2 Å². The Kier molecular flexibility index (Phi) is 4.39. The van der Waals surface area contributed by atoms with E-state index in [0.717, 1.165) is 19.3 Å². The van der Waals surface area contributed by atoms with Gasteiger partial charge < -0.3 is 10.4 Å². The van der Waals surface area contributed by atoms with Gasteiger partial charge in [0.2, 0.25) is 15.9 Å². The highest BCUT2D eigenvalue weighted by Crippen LogP contribution is 2.60. The number of rotatable bonds is 6. The first-order valence-corrected chi connectivity index (χ1v) is 12.1. The third-order valence-electron chi connectivity index (χ3n) is 7.75. The number of hydrogen-bond acceptors (Lipinski definition) is 4. The van der Waals surface area contributed by atoms with Crippen LogP contribution in [0.15, 0.2) is 29.2 Å². The lowest BCUT2D eigenvalue weighted by molar-refractivity contribution is -0.167. The molecule has 3 N–H and O–H groups in total. The van der Waals surface area contributed by atoms with E-state index in [2.05, 4.69) is 10.0 Å². The zero-order chi connectivity index (χ0) is 21.3. The maximum absolute atomic E-state index is 13.1. The lowest BCUT2D eigenvalue weighted by Crippen LogP contribution is -2.63. The van der Waals surface area contributed by atoms with Crippen LogP contribution in [0.4, 0.5) is 0 Å². The Morgan fingerprint density at radius 3 is 2.27 bits per heavy atom. The highest BCUT2D eigenvalue weighted by Gasteiger charge is 2.60. The van der Waals surface area contributed by atoms with Crippen molar-refractivity contribution in [2.75, 3.05) is 0 Å². The van der Waals surface area contributed by atoms with E-state index in [9.17, 15) is 23.1 Å². The average Bonchev–Trinajstić information content (AvgIpc) is 3.44. The normalized spacial score (nSPS) is 35.7. The number of carboxylic acid groups (broad SMARTS) is 1. The minimum atomic E-state index is -3.93. The standard InChI is InChI=1S/C21H25BN2O5S/c22-15-3-1-2-4-16(15)30(28,29)24-21(5-6-21)18(25)23-17-13-7-12-8-14(17)11-20(9-12,10-13)19(26)27/h1-4,12-14,17,24H,5-11H2,(H,23,25)(H,26,27). The molecule has 5 aliphatic carbocycles. The molecule has 1 aromatic rings. The highest BCUT2D eigenvalue weighted by atomic mass is 32.2. The maximum atomic E-state index is 13.1. The molecule has 9 heteroatoms. The molecule has 2 atom stereocenters. The first-order chi connectivity index (χ1) is 14.1. The number of nitrogens with one attached hydrogen (secondary N) is 2. The second kappa shape index (κ2) is 6.56. The van der Waals surface area contributed by atoms with Crippen molar-refractivity contribution in [2.24, 2.45) is 23.2 Å². The number of amides is 1. The second-order valence-electron chi connectivity index (χ2n) is 9.78. The van der Waals surface area contributed by atoms with Gasteiger partial charge in [-0.25, -0.2) is 8.42 Å². The van der Waals surface area contributed by atoms with Crippen LogP contribution in [0.25, 0.3) is 0 Å². The molecule has 5 aliphatic rings. The van der Waals surface area contributed by atoms with Gasteiger partial charge >= 0.3 is 5.97 Å². The molecule has 6 rings (SSSR count). The zero-order valence-electron chi connectivity index (χ0n) is 16.6. The van der Waals surface area contributed by atoms with E-state index in [1.165, 1.54) is 12.1 Å². The van der Waals surface area contributed by atoms with Crippen LogP contribution in [0.2, 0.25) is 0 Å². The van der Waals surface area contributed by atoms with Gasteiger partial charge in [0.05, 0.1) is 10.3 Å². The van der Waals surface area contributed by atoms with E-state index in [-0.39, 0.29) is 34.1 Å². The highest BCUT2D eigenvalue weighted by molar-refractivity contribution is 7.89. The summed E-state index contributed by atoms with van der Waals surface area (Å²) in [5.74, 6) is -0.302. The molecule has 1 amide bonds. The van der Waals surface area contributed by atoms with E-state index in [1.807, 2.05) is 0 Å². The number of carboxylic acids is 1. The van der Waals surface area contributed by atoms with Gasteiger partial charge in [-0.2, -0.15) is 4.72 Å². The fourth-order valence-corrected chi connectivity index (χ4v) is 7.91. The fraction of sp³-hybridized carbons (Fsp3) is 0.619. The summed E-state index contributed by atoms with van der Waals surface area (Å²) in [5.41, 5.74) is -1.64. The molecule has 0 saturated heterocycles. The minimum Gasteiger partial charge on any atom is -0.481 e. The van der Waals surface area contributed by atoms with Crippen LogP contribution >= 0.6 is 0 Å². The Morgan fingerprint density at radius 2 is 1.70 bits per heavy atom. The van der Waals surface area contributed by atoms with Gasteiger partial charge in [0.15, 0.2) is 0 Å². The molecule has 4 bridgehead atoms. The topological polar surface area (TPSA) is 113 Å². The van der Waals surface area contributed by atoms with Crippen molar-refractivity contribution in [1.29, 1.82) is 0 Å². The second-order valence-corrected chi connectivity index (χ2v) is 11.4. The van der Waals surface area contributed by atoms with Gasteiger partial charge in [-0.3, -0.25) is 9.59 Å². The summed E-state index contributed by atoms with van der Waals surface area (Å²) in [4.78, 5) is 25.0. The van der Waals surface area contributed by atoms with E-state index < -0.39 is 26.9 Å². The minimum absolute atomic E-state index is 0.0258. The first-order valence-electron chi connectivity index (χ1n) is 10.6. The third kappa shape index (κ3) is 3.09. The van der Waals surface area contributed by atoms with Gasteiger partial charge in [0, 0.05) is 6.04 Å². The van der Waals surface area contributed by atoms with E-state index in [1.54, 1.807) is 12.1 Å². The summed E-state index contributed by atoms with van der Waals surface area (Å²) in [5, 5.41) is 12.9. The van der Waals surface area contributed by atoms with Crippen LogP contribution < -0.4 is 15.5 Å². The predicted octanol–water partition coefficient (Wildman–Crippen LogP) is 0.687. The summed E-state index contributed by atoms with van der Waals surface area (Å²) in [7, 11) is 1.89. The molecule has 0 spiro atoms. The van der Waals surface area contributed by atoms with Crippen molar-refractivity contribution in [3.63, 3.8) is 0 Å². The van der Waals surface area contributed by atoms with Gasteiger partial charge in [0.1, 0.15) is 13.4 Å². The molecule has 30 heavy (non-hydrogen) atoms.